The van der Waals surface area contributed by atoms with E-state index in [1.165, 1.54) is 0 Å². The number of aryl methyl sites for hydroxylation is 1. The number of fused-ring (bicyclic) bond motifs is 1. The monoisotopic (exact) mass is 473 g/mol. The van der Waals surface area contributed by atoms with Crippen LogP contribution in [0.15, 0.2) is 35.8 Å². The molecule has 2 N–H and O–H groups in total. The van der Waals surface area contributed by atoms with Gasteiger partial charge in [-0.25, -0.2) is 0 Å². The van der Waals surface area contributed by atoms with Crippen molar-refractivity contribution in [1.29, 1.82) is 10.7 Å². The van der Waals surface area contributed by atoms with Gasteiger partial charge in [-0.15, -0.1) is 0 Å². The highest BCUT2D eigenvalue weighted by Crippen LogP contribution is 2.36. The molecule has 1 aromatic heterocycles. The number of ether oxygens (including phenoxy) is 1. The zero-order valence-electron chi connectivity index (χ0n) is 20.3. The maximum atomic E-state index is 12.2. The maximum absolute atomic E-state index is 12.2. The summed E-state index contributed by atoms with van der Waals surface area (Å²) in [5.74, 6) is 0.428. The summed E-state index contributed by atoms with van der Waals surface area (Å²) in [6, 6.07) is 6.62. The molecule has 0 spiro atoms. The van der Waals surface area contributed by atoms with Crippen molar-refractivity contribution in [3.05, 3.63) is 46.9 Å². The zero-order valence-corrected chi connectivity index (χ0v) is 20.3. The van der Waals surface area contributed by atoms with Crippen LogP contribution in [0.25, 0.3) is 11.1 Å². The number of carbonyl (C=O) groups excluding carboxylic acids is 1. The van der Waals surface area contributed by atoms with Gasteiger partial charge >= 0.3 is 0 Å². The fourth-order valence-electron chi connectivity index (χ4n) is 5.22. The van der Waals surface area contributed by atoms with Gasteiger partial charge in [-0.3, -0.25) is 14.9 Å². The van der Waals surface area contributed by atoms with Crippen LogP contribution in [-0.4, -0.2) is 65.3 Å². The number of hydrogen-bond donors (Lipinski definition) is 2. The second-order valence-corrected chi connectivity index (χ2v) is 9.47. The van der Waals surface area contributed by atoms with Crippen molar-refractivity contribution in [1.82, 2.24) is 20.0 Å². The lowest BCUT2D eigenvalue weighted by atomic mass is 9.98. The molecule has 1 amide bonds. The van der Waals surface area contributed by atoms with Gasteiger partial charge in [-0.05, 0) is 37.0 Å². The Morgan fingerprint density at radius 3 is 2.74 bits per heavy atom. The lowest BCUT2D eigenvalue weighted by Crippen LogP contribution is -2.45. The summed E-state index contributed by atoms with van der Waals surface area (Å²) in [7, 11) is 1.86. The number of carbonyl (C=O) groups is 1. The van der Waals surface area contributed by atoms with E-state index in [4.69, 9.17) is 4.74 Å². The molecule has 1 aromatic carbocycles. The van der Waals surface area contributed by atoms with Gasteiger partial charge < -0.3 is 19.9 Å². The van der Waals surface area contributed by atoms with Gasteiger partial charge in [-0.2, -0.15) is 10.4 Å². The molecule has 3 aliphatic rings. The van der Waals surface area contributed by atoms with Gasteiger partial charge in [0.05, 0.1) is 24.4 Å². The molecule has 0 unspecified atom stereocenters. The number of amidine groups is 1. The highest BCUT2D eigenvalue weighted by Gasteiger charge is 2.31. The number of rotatable bonds is 4. The summed E-state index contributed by atoms with van der Waals surface area (Å²) in [5.41, 5.74) is 6.29. The summed E-state index contributed by atoms with van der Waals surface area (Å²) in [6.45, 7) is 4.82. The molecule has 1 saturated heterocycles. The third-order valence-electron chi connectivity index (χ3n) is 7.20. The summed E-state index contributed by atoms with van der Waals surface area (Å²) >= 11 is 0. The summed E-state index contributed by atoms with van der Waals surface area (Å²) < 4.78 is 7.24. The first-order valence-electron chi connectivity index (χ1n) is 12.2. The average molecular weight is 474 g/mol. The number of aromatic nitrogens is 2. The van der Waals surface area contributed by atoms with Crippen molar-refractivity contribution in [2.45, 2.75) is 38.6 Å². The Hall–Kier alpha value is -3.64. The van der Waals surface area contributed by atoms with Crippen molar-refractivity contribution >= 4 is 17.4 Å². The minimum atomic E-state index is 0.0233. The second kappa shape index (κ2) is 9.55. The van der Waals surface area contributed by atoms with Crippen molar-refractivity contribution < 1.29 is 9.53 Å². The standard InChI is InChI=1S/C26H31N7O2/c1-17(34)32-7-4-24(30-21-5-9-35-10-6-21)23(16-32)26(28)33-8-3-18-11-22(19(13-27)12-25(18)33)20-14-29-31(2)15-20/h11-12,14-15,21,28,30H,3-10,16H2,1-2H3. The van der Waals surface area contributed by atoms with E-state index in [1.807, 2.05) is 29.1 Å². The van der Waals surface area contributed by atoms with Crippen LogP contribution in [-0.2, 0) is 23.0 Å². The Balaban J connectivity index is 1.48. The smallest absolute Gasteiger partial charge is 0.219 e. The quantitative estimate of drug-likeness (QED) is 0.522. The van der Waals surface area contributed by atoms with Crippen LogP contribution in [0, 0.1) is 16.7 Å². The fourth-order valence-corrected chi connectivity index (χ4v) is 5.22. The topological polar surface area (TPSA) is 110 Å². The van der Waals surface area contributed by atoms with Gasteiger partial charge in [0.2, 0.25) is 5.91 Å². The van der Waals surface area contributed by atoms with Gasteiger partial charge in [0.1, 0.15) is 5.84 Å². The number of anilines is 1. The highest BCUT2D eigenvalue weighted by atomic mass is 16.5. The minimum absolute atomic E-state index is 0.0233. The Morgan fingerprint density at radius 2 is 2.06 bits per heavy atom. The second-order valence-electron chi connectivity index (χ2n) is 9.47. The maximum Gasteiger partial charge on any atom is 0.219 e. The number of nitrogens with zero attached hydrogens (tertiary/aromatic N) is 5. The van der Waals surface area contributed by atoms with Crippen LogP contribution < -0.4 is 10.2 Å². The molecule has 3 aliphatic heterocycles. The molecule has 1 fully saturated rings. The Labute approximate surface area is 205 Å². The van der Waals surface area contributed by atoms with Gasteiger partial charge in [0, 0.05) is 87.0 Å². The zero-order chi connectivity index (χ0) is 24.5. The van der Waals surface area contributed by atoms with Crippen LogP contribution in [0.5, 0.6) is 0 Å². The van der Waals surface area contributed by atoms with Crippen LogP contribution >= 0.6 is 0 Å². The van der Waals surface area contributed by atoms with Crippen LogP contribution in [0.1, 0.15) is 37.3 Å². The van der Waals surface area contributed by atoms with E-state index in [1.54, 1.807) is 17.8 Å². The first-order valence-corrected chi connectivity index (χ1v) is 12.2. The molecule has 5 rings (SSSR count). The van der Waals surface area contributed by atoms with Crippen LogP contribution in [0.3, 0.4) is 0 Å². The number of nitriles is 1. The van der Waals surface area contributed by atoms with Gasteiger partial charge in [0.25, 0.3) is 0 Å². The molecule has 9 heteroatoms. The van der Waals surface area contributed by atoms with Crippen molar-refractivity contribution in [3.8, 4) is 17.2 Å². The van der Waals surface area contributed by atoms with E-state index in [0.29, 0.717) is 43.5 Å². The van der Waals surface area contributed by atoms with E-state index < -0.39 is 0 Å². The SMILES string of the molecule is CC(=O)N1CCC(NC2CCOCC2)=C(C(=N)N2CCc3cc(-c4cnn(C)c4)c(C#N)cc32)C1. The highest BCUT2D eigenvalue weighted by molar-refractivity contribution is 6.10. The number of amides is 1. The first kappa shape index (κ1) is 23.1. The third-order valence-corrected chi connectivity index (χ3v) is 7.20. The lowest BCUT2D eigenvalue weighted by molar-refractivity contribution is -0.128. The van der Waals surface area contributed by atoms with E-state index >= 15 is 0 Å². The summed E-state index contributed by atoms with van der Waals surface area (Å²) in [6.07, 6.45) is 7.07. The van der Waals surface area contributed by atoms with Gasteiger partial charge in [-0.1, -0.05) is 0 Å². The molecule has 0 radical (unpaired) electrons. The van der Waals surface area contributed by atoms with E-state index in [9.17, 15) is 15.5 Å². The van der Waals surface area contributed by atoms with E-state index in [-0.39, 0.29) is 5.91 Å². The predicted octanol–water partition coefficient (Wildman–Crippen LogP) is 2.57. The molecule has 4 heterocycles. The summed E-state index contributed by atoms with van der Waals surface area (Å²) in [4.78, 5) is 16.0. The van der Waals surface area contributed by atoms with Crippen LogP contribution in [0.4, 0.5) is 5.69 Å². The molecular formula is C26H31N7O2. The lowest BCUT2D eigenvalue weighted by Gasteiger charge is -2.35. The number of hydrogen-bond acceptors (Lipinski definition) is 6. The molecule has 182 valence electrons. The van der Waals surface area contributed by atoms with Crippen molar-refractivity contribution in [2.24, 2.45) is 7.05 Å². The average Bonchev–Trinajstić information content (AvgIpc) is 3.49. The number of benzene rings is 1. The predicted molar refractivity (Wildman–Crippen MR) is 133 cm³/mol. The van der Waals surface area contributed by atoms with Crippen LogP contribution in [0.2, 0.25) is 0 Å². The Bertz CT molecular complexity index is 1230. The summed E-state index contributed by atoms with van der Waals surface area (Å²) in [5, 5.41) is 27.0. The molecule has 0 atom stereocenters. The molecule has 0 aliphatic carbocycles. The molecule has 35 heavy (non-hydrogen) atoms. The molecule has 0 bridgehead atoms. The number of nitrogens with one attached hydrogen (secondary N) is 2. The van der Waals surface area contributed by atoms with E-state index in [2.05, 4.69) is 22.6 Å². The molecular weight excluding hydrogens is 442 g/mol. The van der Waals surface area contributed by atoms with Gasteiger partial charge in [0.15, 0.2) is 0 Å². The third kappa shape index (κ3) is 4.54. The molecule has 9 nitrogen and oxygen atoms in total. The van der Waals surface area contributed by atoms with E-state index in [0.717, 1.165) is 66.1 Å². The minimum Gasteiger partial charge on any atom is -0.385 e. The fraction of sp³-hybridized carbons (Fsp3) is 0.462. The Kier molecular flexibility index (Phi) is 6.31. The van der Waals surface area contributed by atoms with Crippen molar-refractivity contribution in [2.75, 3.05) is 37.7 Å². The normalized spacial score (nSPS) is 18.4. The molecule has 0 saturated carbocycles. The first-order chi connectivity index (χ1) is 16.9. The molecule has 2 aromatic rings. The van der Waals surface area contributed by atoms with Crippen molar-refractivity contribution in [3.63, 3.8) is 0 Å². The Morgan fingerprint density at radius 1 is 1.26 bits per heavy atom. The largest absolute Gasteiger partial charge is 0.385 e.